The second-order valence-corrected chi connectivity index (χ2v) is 5.13. The lowest BCUT2D eigenvalue weighted by atomic mass is 10.1. The van der Waals surface area contributed by atoms with Crippen LogP contribution >= 0.6 is 0 Å². The number of hydrazone groups is 1. The molecule has 0 aliphatic heterocycles. The van der Waals surface area contributed by atoms with Crippen molar-refractivity contribution in [3.8, 4) is 0 Å². The largest absolute Gasteiger partial charge is 0.463 e. The number of nitrogens with one attached hydrogen (secondary N) is 1. The smallest absolute Gasteiger partial charge is 0.292 e. The van der Waals surface area contributed by atoms with Gasteiger partial charge in [-0.3, -0.25) is 9.59 Å². The molecule has 0 atom stereocenters. The van der Waals surface area contributed by atoms with Crippen molar-refractivity contribution in [3.63, 3.8) is 0 Å². The Bertz CT molecular complexity index is 971. The third-order valence-electron chi connectivity index (χ3n) is 3.59. The molecule has 7 heteroatoms. The summed E-state index contributed by atoms with van der Waals surface area (Å²) in [4.78, 5) is 24.8. The summed E-state index contributed by atoms with van der Waals surface area (Å²) < 4.78 is 6.48. The Balaban J connectivity index is 2.00. The number of fused-ring (bicyclic) bond motifs is 1. The van der Waals surface area contributed by atoms with Gasteiger partial charge in [0.25, 0.3) is 11.5 Å². The van der Waals surface area contributed by atoms with E-state index in [4.69, 9.17) is 4.42 Å². The number of carbonyl (C=O) groups is 1. The van der Waals surface area contributed by atoms with E-state index in [2.05, 4.69) is 15.6 Å². The molecule has 1 amide bonds. The third kappa shape index (κ3) is 2.83. The van der Waals surface area contributed by atoms with E-state index in [0.717, 1.165) is 0 Å². The van der Waals surface area contributed by atoms with Crippen LogP contribution in [0, 0.1) is 0 Å². The zero-order valence-electron chi connectivity index (χ0n) is 13.3. The minimum atomic E-state index is -0.487. The highest BCUT2D eigenvalue weighted by Crippen LogP contribution is 2.13. The summed E-state index contributed by atoms with van der Waals surface area (Å²) in [6.07, 6.45) is 1.53. The maximum Gasteiger partial charge on any atom is 0.292 e. The first-order valence-electron chi connectivity index (χ1n) is 7.50. The molecule has 0 spiro atoms. The van der Waals surface area contributed by atoms with E-state index in [0.29, 0.717) is 28.8 Å². The maximum atomic E-state index is 12.5. The van der Waals surface area contributed by atoms with Crippen LogP contribution in [-0.4, -0.2) is 21.4 Å². The molecule has 0 saturated carbocycles. The van der Waals surface area contributed by atoms with E-state index >= 15 is 0 Å². The van der Waals surface area contributed by atoms with Gasteiger partial charge in [-0.15, -0.1) is 0 Å². The highest BCUT2D eigenvalue weighted by Gasteiger charge is 2.16. The summed E-state index contributed by atoms with van der Waals surface area (Å²) in [5.41, 5.74) is 2.92. The van der Waals surface area contributed by atoms with Crippen LogP contribution in [0.3, 0.4) is 0 Å². The molecule has 0 bridgehead atoms. The number of aromatic nitrogens is 2. The Labute approximate surface area is 137 Å². The molecule has 0 saturated heterocycles. The molecule has 1 aromatic carbocycles. The molecule has 1 N–H and O–H groups in total. The van der Waals surface area contributed by atoms with Crippen LogP contribution in [0.25, 0.3) is 10.8 Å². The summed E-state index contributed by atoms with van der Waals surface area (Å²) in [7, 11) is 0. The third-order valence-corrected chi connectivity index (χ3v) is 3.59. The van der Waals surface area contributed by atoms with Crippen molar-refractivity contribution in [3.05, 3.63) is 64.5 Å². The van der Waals surface area contributed by atoms with Crippen molar-refractivity contribution >= 4 is 22.4 Å². The molecule has 0 unspecified atom stereocenters. The van der Waals surface area contributed by atoms with Crippen LogP contribution < -0.4 is 11.0 Å². The predicted octanol–water partition coefficient (Wildman–Crippen LogP) is 2.16. The Morgan fingerprint density at radius 3 is 2.67 bits per heavy atom. The normalized spacial score (nSPS) is 11.7. The van der Waals surface area contributed by atoms with Gasteiger partial charge in [-0.05, 0) is 32.0 Å². The molecular formula is C17H16N4O3. The quantitative estimate of drug-likeness (QED) is 0.588. The Kier molecular flexibility index (Phi) is 4.24. The first kappa shape index (κ1) is 15.7. The molecule has 2 heterocycles. The number of hydrogen-bond donors (Lipinski definition) is 1. The molecular weight excluding hydrogens is 308 g/mol. The van der Waals surface area contributed by atoms with Gasteiger partial charge in [-0.25, -0.2) is 10.1 Å². The number of aryl methyl sites for hydroxylation is 1. The van der Waals surface area contributed by atoms with Crippen LogP contribution in [0.4, 0.5) is 0 Å². The van der Waals surface area contributed by atoms with Crippen molar-refractivity contribution < 1.29 is 9.21 Å². The van der Waals surface area contributed by atoms with Crippen molar-refractivity contribution in [2.75, 3.05) is 0 Å². The van der Waals surface area contributed by atoms with Crippen LogP contribution in [0.5, 0.6) is 0 Å². The summed E-state index contributed by atoms with van der Waals surface area (Å²) in [5, 5.41) is 9.13. The molecule has 122 valence electrons. The van der Waals surface area contributed by atoms with Crippen molar-refractivity contribution in [1.29, 1.82) is 0 Å². The highest BCUT2D eigenvalue weighted by atomic mass is 16.3. The Hall–Kier alpha value is -3.22. The van der Waals surface area contributed by atoms with E-state index in [9.17, 15) is 9.59 Å². The lowest BCUT2D eigenvalue weighted by Gasteiger charge is -2.08. The second kappa shape index (κ2) is 6.49. The topological polar surface area (TPSA) is 89.5 Å². The summed E-state index contributed by atoms with van der Waals surface area (Å²) in [5.74, 6) is 0.0750. The van der Waals surface area contributed by atoms with Gasteiger partial charge in [-0.1, -0.05) is 18.2 Å². The number of hydrogen-bond acceptors (Lipinski definition) is 5. The number of nitrogens with zero attached hydrogens (tertiary/aromatic N) is 3. The second-order valence-electron chi connectivity index (χ2n) is 5.13. The van der Waals surface area contributed by atoms with Gasteiger partial charge in [-0.2, -0.15) is 10.2 Å². The summed E-state index contributed by atoms with van der Waals surface area (Å²) >= 11 is 0. The van der Waals surface area contributed by atoms with Gasteiger partial charge in [0.2, 0.25) is 0 Å². The molecule has 2 aromatic heterocycles. The Morgan fingerprint density at radius 1 is 1.25 bits per heavy atom. The van der Waals surface area contributed by atoms with Crippen LogP contribution in [-0.2, 0) is 6.54 Å². The number of furan rings is 1. The van der Waals surface area contributed by atoms with Gasteiger partial charge in [0, 0.05) is 11.9 Å². The molecule has 3 aromatic rings. The standard InChI is InChI=1S/C17H16N4O3/c1-3-21-17(23)13-8-5-4-7-12(13)15(20-21)16(22)19-18-11(2)14-9-6-10-24-14/h4-10H,3H2,1-2H3,(H,19,22)/b18-11+. The molecule has 0 fully saturated rings. The Morgan fingerprint density at radius 2 is 2.00 bits per heavy atom. The molecule has 0 aliphatic carbocycles. The van der Waals surface area contributed by atoms with E-state index < -0.39 is 5.91 Å². The van der Waals surface area contributed by atoms with Gasteiger partial charge in [0.1, 0.15) is 11.5 Å². The van der Waals surface area contributed by atoms with E-state index in [1.165, 1.54) is 10.9 Å². The first-order valence-corrected chi connectivity index (χ1v) is 7.50. The molecule has 24 heavy (non-hydrogen) atoms. The van der Waals surface area contributed by atoms with E-state index in [-0.39, 0.29) is 11.3 Å². The average Bonchev–Trinajstić information content (AvgIpc) is 3.15. The number of rotatable bonds is 4. The SMILES string of the molecule is CCn1nc(C(=O)N/N=C(\C)c2ccco2)c2ccccc2c1=O. The molecule has 3 rings (SSSR count). The van der Waals surface area contributed by atoms with Crippen LogP contribution in [0.15, 0.2) is 57.0 Å². The lowest BCUT2D eigenvalue weighted by molar-refractivity contribution is 0.0949. The lowest BCUT2D eigenvalue weighted by Crippen LogP contribution is -2.28. The van der Waals surface area contributed by atoms with Gasteiger partial charge in [0.15, 0.2) is 5.69 Å². The molecule has 0 aliphatic rings. The van der Waals surface area contributed by atoms with E-state index in [1.807, 2.05) is 0 Å². The number of carbonyl (C=O) groups excluding carboxylic acids is 1. The minimum absolute atomic E-state index is 0.156. The van der Waals surface area contributed by atoms with Crippen molar-refractivity contribution in [2.24, 2.45) is 5.10 Å². The summed E-state index contributed by atoms with van der Waals surface area (Å²) in [6, 6.07) is 10.4. The van der Waals surface area contributed by atoms with Crippen molar-refractivity contribution in [2.45, 2.75) is 20.4 Å². The highest BCUT2D eigenvalue weighted by molar-refractivity contribution is 6.05. The number of benzene rings is 1. The average molecular weight is 324 g/mol. The fourth-order valence-corrected chi connectivity index (χ4v) is 2.34. The maximum absolute atomic E-state index is 12.5. The van der Waals surface area contributed by atoms with Gasteiger partial charge in [0.05, 0.1) is 11.6 Å². The predicted molar refractivity (Wildman–Crippen MR) is 90.1 cm³/mol. The fourth-order valence-electron chi connectivity index (χ4n) is 2.34. The summed E-state index contributed by atoms with van der Waals surface area (Å²) in [6.45, 7) is 3.89. The van der Waals surface area contributed by atoms with Crippen LogP contribution in [0.2, 0.25) is 0 Å². The monoisotopic (exact) mass is 324 g/mol. The minimum Gasteiger partial charge on any atom is -0.463 e. The zero-order valence-corrected chi connectivity index (χ0v) is 13.3. The van der Waals surface area contributed by atoms with Gasteiger partial charge < -0.3 is 4.42 Å². The van der Waals surface area contributed by atoms with Crippen molar-refractivity contribution in [1.82, 2.24) is 15.2 Å². The van der Waals surface area contributed by atoms with Crippen LogP contribution in [0.1, 0.15) is 30.1 Å². The molecule has 0 radical (unpaired) electrons. The van der Waals surface area contributed by atoms with Gasteiger partial charge >= 0.3 is 0 Å². The molecule has 7 nitrogen and oxygen atoms in total. The van der Waals surface area contributed by atoms with E-state index in [1.54, 1.807) is 50.2 Å². The fraction of sp³-hybridized carbons (Fsp3) is 0.176. The number of amides is 1. The first-order chi connectivity index (χ1) is 11.6. The zero-order chi connectivity index (χ0) is 17.1.